The minimum atomic E-state index is -0.180. The van der Waals surface area contributed by atoms with E-state index in [9.17, 15) is 9.59 Å². The fourth-order valence-corrected chi connectivity index (χ4v) is 3.18. The number of carbonyl (C=O) groups is 2. The molecule has 5 heteroatoms. The van der Waals surface area contributed by atoms with Gasteiger partial charge in [-0.25, -0.2) is 0 Å². The molecule has 0 bridgehead atoms. The molecule has 1 fully saturated rings. The first-order valence-electron chi connectivity index (χ1n) is 7.65. The van der Waals surface area contributed by atoms with Crippen LogP contribution < -0.4 is 10.2 Å². The molecular weight excluding hydrogens is 308 g/mol. The number of amides is 2. The second-order valence-corrected chi connectivity index (χ2v) is 6.37. The molecule has 1 N–H and O–H groups in total. The van der Waals surface area contributed by atoms with Crippen LogP contribution in [0.3, 0.4) is 0 Å². The highest BCUT2D eigenvalue weighted by Crippen LogP contribution is 2.24. The standard InChI is InChI=1S/C18H18N2O2S/c21-17(10-9-16-7-4-12-23-16)19-14-5-3-6-15(13-14)20-11-2-1-8-18(20)22/h3-7,9-10,12-13H,1-2,8,11H2,(H,19,21). The Hall–Kier alpha value is -2.40. The number of carbonyl (C=O) groups excluding carboxylic acids is 2. The number of thiophene rings is 1. The van der Waals surface area contributed by atoms with E-state index in [0.717, 1.165) is 30.0 Å². The average molecular weight is 326 g/mol. The minimum absolute atomic E-state index is 0.150. The van der Waals surface area contributed by atoms with Crippen LogP contribution >= 0.6 is 11.3 Å². The van der Waals surface area contributed by atoms with Crippen molar-refractivity contribution >= 4 is 40.6 Å². The molecule has 1 aromatic heterocycles. The van der Waals surface area contributed by atoms with Crippen molar-refractivity contribution in [3.8, 4) is 0 Å². The summed E-state index contributed by atoms with van der Waals surface area (Å²) in [6.07, 6.45) is 5.88. The number of rotatable bonds is 4. The van der Waals surface area contributed by atoms with Crippen LogP contribution in [0.2, 0.25) is 0 Å². The summed E-state index contributed by atoms with van der Waals surface area (Å²) in [6.45, 7) is 0.745. The van der Waals surface area contributed by atoms with Gasteiger partial charge in [-0.15, -0.1) is 11.3 Å². The van der Waals surface area contributed by atoms with Gasteiger partial charge < -0.3 is 10.2 Å². The molecule has 0 aliphatic carbocycles. The van der Waals surface area contributed by atoms with Gasteiger partial charge >= 0.3 is 0 Å². The highest BCUT2D eigenvalue weighted by atomic mass is 32.1. The van der Waals surface area contributed by atoms with E-state index in [-0.39, 0.29) is 11.8 Å². The van der Waals surface area contributed by atoms with Gasteiger partial charge in [-0.3, -0.25) is 9.59 Å². The molecule has 0 saturated carbocycles. The molecule has 23 heavy (non-hydrogen) atoms. The zero-order valence-electron chi connectivity index (χ0n) is 12.7. The first kappa shape index (κ1) is 15.5. The molecule has 4 nitrogen and oxygen atoms in total. The Morgan fingerprint density at radius 2 is 2.13 bits per heavy atom. The van der Waals surface area contributed by atoms with Crippen LogP contribution in [0, 0.1) is 0 Å². The van der Waals surface area contributed by atoms with Crippen LogP contribution in [-0.2, 0) is 9.59 Å². The normalized spacial score (nSPS) is 15.1. The number of hydrogen-bond acceptors (Lipinski definition) is 3. The van der Waals surface area contributed by atoms with Crippen LogP contribution in [0.15, 0.2) is 47.9 Å². The van der Waals surface area contributed by atoms with E-state index < -0.39 is 0 Å². The number of hydrogen-bond donors (Lipinski definition) is 1. The van der Waals surface area contributed by atoms with Crippen molar-refractivity contribution in [3.63, 3.8) is 0 Å². The van der Waals surface area contributed by atoms with E-state index in [0.29, 0.717) is 12.1 Å². The molecular formula is C18H18N2O2S. The van der Waals surface area contributed by atoms with Gasteiger partial charge in [0.25, 0.3) is 0 Å². The van der Waals surface area contributed by atoms with Crippen molar-refractivity contribution in [2.24, 2.45) is 0 Å². The van der Waals surface area contributed by atoms with Crippen LogP contribution in [0.25, 0.3) is 6.08 Å². The van der Waals surface area contributed by atoms with Crippen LogP contribution in [0.4, 0.5) is 11.4 Å². The molecule has 1 aliphatic heterocycles. The van der Waals surface area contributed by atoms with E-state index >= 15 is 0 Å². The fourth-order valence-electron chi connectivity index (χ4n) is 2.56. The SMILES string of the molecule is O=C(C=Cc1cccs1)Nc1cccc(N2CCCCC2=O)c1. The van der Waals surface area contributed by atoms with Gasteiger partial charge in [0, 0.05) is 35.3 Å². The lowest BCUT2D eigenvalue weighted by molar-refractivity contribution is -0.119. The molecule has 1 aromatic carbocycles. The van der Waals surface area contributed by atoms with Crippen molar-refractivity contribution in [1.82, 2.24) is 0 Å². The Bertz CT molecular complexity index is 722. The summed E-state index contributed by atoms with van der Waals surface area (Å²) in [5.74, 6) is -0.0298. The quantitative estimate of drug-likeness (QED) is 0.866. The summed E-state index contributed by atoms with van der Waals surface area (Å²) in [6, 6.07) is 11.3. The molecule has 0 atom stereocenters. The molecule has 0 radical (unpaired) electrons. The fraction of sp³-hybridized carbons (Fsp3) is 0.222. The number of nitrogens with zero attached hydrogens (tertiary/aromatic N) is 1. The first-order chi connectivity index (χ1) is 11.2. The van der Waals surface area contributed by atoms with Crippen LogP contribution in [-0.4, -0.2) is 18.4 Å². The number of nitrogens with one attached hydrogen (secondary N) is 1. The summed E-state index contributed by atoms with van der Waals surface area (Å²) in [5, 5.41) is 4.81. The van der Waals surface area contributed by atoms with Gasteiger partial charge in [-0.2, -0.15) is 0 Å². The lowest BCUT2D eigenvalue weighted by Gasteiger charge is -2.27. The van der Waals surface area contributed by atoms with Crippen LogP contribution in [0.5, 0.6) is 0 Å². The summed E-state index contributed by atoms with van der Waals surface area (Å²) in [7, 11) is 0. The molecule has 2 aromatic rings. The van der Waals surface area contributed by atoms with Gasteiger partial charge in [-0.1, -0.05) is 12.1 Å². The molecule has 1 aliphatic rings. The van der Waals surface area contributed by atoms with Crippen molar-refractivity contribution in [3.05, 3.63) is 52.7 Å². The predicted octanol–water partition coefficient (Wildman–Crippen LogP) is 3.92. The second-order valence-electron chi connectivity index (χ2n) is 5.39. The maximum absolute atomic E-state index is 12.0. The Labute approximate surface area is 139 Å². The first-order valence-corrected chi connectivity index (χ1v) is 8.53. The Morgan fingerprint density at radius 1 is 1.22 bits per heavy atom. The second kappa shape index (κ2) is 7.24. The van der Waals surface area contributed by atoms with Crippen molar-refractivity contribution in [1.29, 1.82) is 0 Å². The van der Waals surface area contributed by atoms with E-state index in [4.69, 9.17) is 0 Å². The number of benzene rings is 1. The van der Waals surface area contributed by atoms with Crippen molar-refractivity contribution in [2.45, 2.75) is 19.3 Å². The molecule has 1 saturated heterocycles. The number of piperidine rings is 1. The summed E-state index contributed by atoms with van der Waals surface area (Å²) < 4.78 is 0. The topological polar surface area (TPSA) is 49.4 Å². The van der Waals surface area contributed by atoms with Crippen LogP contribution in [0.1, 0.15) is 24.1 Å². The Balaban J connectivity index is 1.67. The molecule has 3 rings (SSSR count). The zero-order chi connectivity index (χ0) is 16.1. The average Bonchev–Trinajstić information content (AvgIpc) is 3.07. The monoisotopic (exact) mass is 326 g/mol. The Morgan fingerprint density at radius 3 is 2.91 bits per heavy atom. The molecule has 2 amide bonds. The molecule has 2 heterocycles. The molecule has 0 unspecified atom stereocenters. The highest BCUT2D eigenvalue weighted by molar-refractivity contribution is 7.10. The number of anilines is 2. The van der Waals surface area contributed by atoms with Gasteiger partial charge in [0.2, 0.25) is 11.8 Å². The van der Waals surface area contributed by atoms with E-state index in [1.165, 1.54) is 6.08 Å². The van der Waals surface area contributed by atoms with Crippen molar-refractivity contribution < 1.29 is 9.59 Å². The van der Waals surface area contributed by atoms with Gasteiger partial charge in [0.05, 0.1) is 0 Å². The minimum Gasteiger partial charge on any atom is -0.322 e. The lowest BCUT2D eigenvalue weighted by Crippen LogP contribution is -2.35. The summed E-state index contributed by atoms with van der Waals surface area (Å²) in [4.78, 5) is 26.8. The molecule has 118 valence electrons. The van der Waals surface area contributed by atoms with E-state index in [1.54, 1.807) is 22.3 Å². The van der Waals surface area contributed by atoms with Gasteiger partial charge in [-0.05, 0) is 48.6 Å². The third kappa shape index (κ3) is 4.07. The third-order valence-electron chi connectivity index (χ3n) is 3.69. The highest BCUT2D eigenvalue weighted by Gasteiger charge is 2.19. The van der Waals surface area contributed by atoms with Crippen molar-refractivity contribution in [2.75, 3.05) is 16.8 Å². The Kier molecular flexibility index (Phi) is 4.88. The smallest absolute Gasteiger partial charge is 0.248 e. The van der Waals surface area contributed by atoms with Gasteiger partial charge in [0.1, 0.15) is 0 Å². The third-order valence-corrected chi connectivity index (χ3v) is 4.53. The van der Waals surface area contributed by atoms with Gasteiger partial charge in [0.15, 0.2) is 0 Å². The lowest BCUT2D eigenvalue weighted by atomic mass is 10.1. The van der Waals surface area contributed by atoms with E-state index in [1.807, 2.05) is 41.8 Å². The maximum atomic E-state index is 12.0. The zero-order valence-corrected chi connectivity index (χ0v) is 13.5. The largest absolute Gasteiger partial charge is 0.322 e. The maximum Gasteiger partial charge on any atom is 0.248 e. The summed E-state index contributed by atoms with van der Waals surface area (Å²) >= 11 is 1.58. The molecule has 0 spiro atoms. The predicted molar refractivity (Wildman–Crippen MR) is 94.6 cm³/mol. The van der Waals surface area contributed by atoms with E-state index in [2.05, 4.69) is 5.32 Å². The summed E-state index contributed by atoms with van der Waals surface area (Å²) in [5.41, 5.74) is 1.54.